The molecule has 0 saturated carbocycles. The molecule has 0 aromatic heterocycles. The number of benzene rings is 1. The molecule has 1 saturated heterocycles. The fourth-order valence-corrected chi connectivity index (χ4v) is 3.13. The zero-order chi connectivity index (χ0) is 17.5. The number of nitrogens with zero attached hydrogens (tertiary/aromatic N) is 3. The normalized spacial score (nSPS) is 17.8. The van der Waals surface area contributed by atoms with E-state index in [0.29, 0.717) is 5.92 Å². The first kappa shape index (κ1) is 21.8. The minimum absolute atomic E-state index is 0. The first-order valence-corrected chi connectivity index (χ1v) is 8.38. The number of hydrogen-bond acceptors (Lipinski definition) is 4. The standard InChI is InChI=1S/C18H30N4O2.HI/c1-19-18(20-11-14-8-9-21(2)12-14)22(3)13-15-6-7-16(23-4)10-17(15)24-5;/h6-7,10,14H,8-9,11-13H2,1-5H3,(H,19,20);1H. The van der Waals surface area contributed by atoms with Gasteiger partial charge in [-0.25, -0.2) is 0 Å². The molecule has 0 spiro atoms. The fourth-order valence-electron chi connectivity index (χ4n) is 3.13. The third-order valence-corrected chi connectivity index (χ3v) is 4.51. The van der Waals surface area contributed by atoms with Gasteiger partial charge in [0.05, 0.1) is 14.2 Å². The Labute approximate surface area is 168 Å². The van der Waals surface area contributed by atoms with Crippen molar-refractivity contribution in [2.24, 2.45) is 10.9 Å². The maximum Gasteiger partial charge on any atom is 0.193 e. The van der Waals surface area contributed by atoms with Gasteiger partial charge >= 0.3 is 0 Å². The Morgan fingerprint density at radius 2 is 2.12 bits per heavy atom. The summed E-state index contributed by atoms with van der Waals surface area (Å²) < 4.78 is 10.7. The van der Waals surface area contributed by atoms with E-state index >= 15 is 0 Å². The Morgan fingerprint density at radius 3 is 2.68 bits per heavy atom. The lowest BCUT2D eigenvalue weighted by Gasteiger charge is -2.24. The third-order valence-electron chi connectivity index (χ3n) is 4.51. The van der Waals surface area contributed by atoms with Crippen molar-refractivity contribution in [3.8, 4) is 11.5 Å². The summed E-state index contributed by atoms with van der Waals surface area (Å²) in [7, 11) is 9.39. The number of nitrogens with one attached hydrogen (secondary N) is 1. The van der Waals surface area contributed by atoms with E-state index in [1.807, 2.05) is 32.3 Å². The number of halogens is 1. The topological polar surface area (TPSA) is 49.3 Å². The predicted octanol–water partition coefficient (Wildman–Crippen LogP) is 2.28. The summed E-state index contributed by atoms with van der Waals surface area (Å²) in [4.78, 5) is 8.90. The van der Waals surface area contributed by atoms with Crippen LogP contribution in [0.15, 0.2) is 23.2 Å². The molecule has 1 aromatic carbocycles. The van der Waals surface area contributed by atoms with E-state index in [0.717, 1.165) is 42.7 Å². The van der Waals surface area contributed by atoms with Crippen molar-refractivity contribution < 1.29 is 9.47 Å². The van der Waals surface area contributed by atoms with Crippen LogP contribution >= 0.6 is 24.0 Å². The average molecular weight is 462 g/mol. The monoisotopic (exact) mass is 462 g/mol. The lowest BCUT2D eigenvalue weighted by Crippen LogP contribution is -2.41. The number of ether oxygens (including phenoxy) is 2. The Morgan fingerprint density at radius 1 is 1.36 bits per heavy atom. The second kappa shape index (κ2) is 10.7. The summed E-state index contributed by atoms with van der Waals surface area (Å²) in [5.74, 6) is 3.22. The minimum atomic E-state index is 0. The fraction of sp³-hybridized carbons (Fsp3) is 0.611. The van der Waals surface area contributed by atoms with Gasteiger partial charge in [0.1, 0.15) is 11.5 Å². The highest BCUT2D eigenvalue weighted by Gasteiger charge is 2.20. The second-order valence-electron chi connectivity index (χ2n) is 6.38. The number of methoxy groups -OCH3 is 2. The van der Waals surface area contributed by atoms with Gasteiger partial charge in [-0.15, -0.1) is 24.0 Å². The molecule has 7 heteroatoms. The first-order chi connectivity index (χ1) is 11.6. The van der Waals surface area contributed by atoms with E-state index in [9.17, 15) is 0 Å². The number of rotatable bonds is 6. The van der Waals surface area contributed by atoms with E-state index in [-0.39, 0.29) is 24.0 Å². The molecular formula is C18H31IN4O2. The van der Waals surface area contributed by atoms with Gasteiger partial charge in [0, 0.05) is 45.4 Å². The average Bonchev–Trinajstić information content (AvgIpc) is 3.01. The molecule has 0 amide bonds. The van der Waals surface area contributed by atoms with Crippen LogP contribution in [-0.4, -0.2) is 70.8 Å². The molecule has 142 valence electrons. The van der Waals surface area contributed by atoms with Crippen LogP contribution in [0.25, 0.3) is 0 Å². The zero-order valence-electron chi connectivity index (χ0n) is 15.9. The molecule has 1 aromatic rings. The molecule has 0 radical (unpaired) electrons. The van der Waals surface area contributed by atoms with Gasteiger partial charge in [0.15, 0.2) is 5.96 Å². The van der Waals surface area contributed by atoms with Crippen molar-refractivity contribution in [2.75, 3.05) is 55.0 Å². The quantitative estimate of drug-likeness (QED) is 0.400. The SMILES string of the molecule is CN=C(NCC1CCN(C)C1)N(C)Cc1ccc(OC)cc1OC.I. The van der Waals surface area contributed by atoms with E-state index in [4.69, 9.17) is 9.47 Å². The van der Waals surface area contributed by atoms with Crippen molar-refractivity contribution in [1.82, 2.24) is 15.1 Å². The highest BCUT2D eigenvalue weighted by Crippen LogP contribution is 2.25. The van der Waals surface area contributed by atoms with Crippen LogP contribution in [0.2, 0.25) is 0 Å². The van der Waals surface area contributed by atoms with Gasteiger partial charge in [-0.2, -0.15) is 0 Å². The third kappa shape index (κ3) is 6.22. The van der Waals surface area contributed by atoms with Crippen molar-refractivity contribution in [1.29, 1.82) is 0 Å². The Balaban J connectivity index is 0.00000312. The Bertz CT molecular complexity index is 568. The smallest absolute Gasteiger partial charge is 0.193 e. The van der Waals surface area contributed by atoms with E-state index in [2.05, 4.69) is 27.2 Å². The van der Waals surface area contributed by atoms with E-state index in [1.54, 1.807) is 14.2 Å². The van der Waals surface area contributed by atoms with Crippen molar-refractivity contribution in [3.05, 3.63) is 23.8 Å². The molecule has 1 fully saturated rings. The van der Waals surface area contributed by atoms with Gasteiger partial charge in [0.2, 0.25) is 0 Å². The van der Waals surface area contributed by atoms with Crippen LogP contribution in [-0.2, 0) is 6.54 Å². The van der Waals surface area contributed by atoms with Crippen LogP contribution in [0.1, 0.15) is 12.0 Å². The van der Waals surface area contributed by atoms with Gasteiger partial charge < -0.3 is 24.6 Å². The van der Waals surface area contributed by atoms with Gasteiger partial charge in [-0.3, -0.25) is 4.99 Å². The van der Waals surface area contributed by atoms with Crippen LogP contribution in [0.4, 0.5) is 0 Å². The summed E-state index contributed by atoms with van der Waals surface area (Å²) in [6.07, 6.45) is 1.25. The molecule has 1 aliphatic heterocycles. The molecule has 25 heavy (non-hydrogen) atoms. The van der Waals surface area contributed by atoms with E-state index < -0.39 is 0 Å². The molecule has 6 nitrogen and oxygen atoms in total. The molecule has 1 heterocycles. The lowest BCUT2D eigenvalue weighted by molar-refractivity contribution is 0.379. The van der Waals surface area contributed by atoms with Gasteiger partial charge in [0.25, 0.3) is 0 Å². The van der Waals surface area contributed by atoms with Crippen molar-refractivity contribution in [3.63, 3.8) is 0 Å². The molecule has 2 rings (SSSR count). The molecule has 1 N–H and O–H groups in total. The van der Waals surface area contributed by atoms with Gasteiger partial charge in [-0.1, -0.05) is 0 Å². The van der Waals surface area contributed by atoms with E-state index in [1.165, 1.54) is 13.0 Å². The predicted molar refractivity (Wildman–Crippen MR) is 113 cm³/mol. The largest absolute Gasteiger partial charge is 0.497 e. The van der Waals surface area contributed by atoms with Crippen molar-refractivity contribution >= 4 is 29.9 Å². The maximum absolute atomic E-state index is 5.48. The van der Waals surface area contributed by atoms with Crippen LogP contribution in [0.5, 0.6) is 11.5 Å². The molecule has 1 aliphatic rings. The molecule has 0 aliphatic carbocycles. The highest BCUT2D eigenvalue weighted by atomic mass is 127. The highest BCUT2D eigenvalue weighted by molar-refractivity contribution is 14.0. The maximum atomic E-state index is 5.48. The first-order valence-electron chi connectivity index (χ1n) is 8.38. The summed E-state index contributed by atoms with van der Waals surface area (Å²) in [5.41, 5.74) is 1.10. The zero-order valence-corrected chi connectivity index (χ0v) is 18.2. The summed E-state index contributed by atoms with van der Waals surface area (Å²) in [5, 5.41) is 3.50. The number of aliphatic imine (C=N–C) groups is 1. The molecule has 0 bridgehead atoms. The summed E-state index contributed by atoms with van der Waals surface area (Å²) >= 11 is 0. The minimum Gasteiger partial charge on any atom is -0.497 e. The Kier molecular flexibility index (Phi) is 9.34. The van der Waals surface area contributed by atoms with Crippen LogP contribution in [0.3, 0.4) is 0 Å². The number of guanidine groups is 1. The number of hydrogen-bond donors (Lipinski definition) is 1. The molecular weight excluding hydrogens is 431 g/mol. The van der Waals surface area contributed by atoms with Crippen molar-refractivity contribution in [2.45, 2.75) is 13.0 Å². The summed E-state index contributed by atoms with van der Waals surface area (Å²) in [6, 6.07) is 5.90. The molecule has 1 atom stereocenters. The second-order valence-corrected chi connectivity index (χ2v) is 6.38. The van der Waals surface area contributed by atoms with Crippen LogP contribution < -0.4 is 14.8 Å². The molecule has 1 unspecified atom stereocenters. The lowest BCUT2D eigenvalue weighted by atomic mass is 10.1. The van der Waals surface area contributed by atoms with Gasteiger partial charge in [-0.05, 0) is 38.1 Å². The number of likely N-dealkylation sites (tertiary alicyclic amines) is 1. The van der Waals surface area contributed by atoms with Crippen LogP contribution in [0, 0.1) is 5.92 Å². The summed E-state index contributed by atoms with van der Waals surface area (Å²) in [6.45, 7) is 4.02. The Hall–Kier alpha value is -1.22.